The summed E-state index contributed by atoms with van der Waals surface area (Å²) in [6.45, 7) is 4.31. The summed E-state index contributed by atoms with van der Waals surface area (Å²) in [4.78, 5) is 35.4. The smallest absolute Gasteiger partial charge is 0.302 e. The number of ether oxygens (including phenoxy) is 2. The van der Waals surface area contributed by atoms with Gasteiger partial charge in [-0.25, -0.2) is 9.37 Å². The number of carbonyl (C=O) groups excluding carboxylic acids is 2. The first-order valence-corrected chi connectivity index (χ1v) is 11.8. The SMILES string of the molecule is CCOc1ccc(/C(O)=C2\C(=O)C(=O)N(c3nc4ccccc4[nH]3)C2c2ccccc2F)c(OCC)c1. The van der Waals surface area contributed by atoms with Crippen molar-refractivity contribution in [3.63, 3.8) is 0 Å². The molecule has 2 N–H and O–H groups in total. The first-order chi connectivity index (χ1) is 17.9. The van der Waals surface area contributed by atoms with E-state index in [9.17, 15) is 14.7 Å². The third kappa shape index (κ3) is 4.18. The van der Waals surface area contributed by atoms with Crippen molar-refractivity contribution in [3.8, 4) is 11.5 Å². The van der Waals surface area contributed by atoms with Crippen LogP contribution < -0.4 is 14.4 Å². The van der Waals surface area contributed by atoms with Gasteiger partial charge in [0.25, 0.3) is 5.78 Å². The summed E-state index contributed by atoms with van der Waals surface area (Å²) in [6, 6.07) is 16.4. The Balaban J connectivity index is 1.74. The van der Waals surface area contributed by atoms with Gasteiger partial charge in [0.05, 0.1) is 35.4 Å². The standard InChI is InChI=1S/C28H24FN3O5/c1-3-36-16-13-14-18(22(15-16)37-4-2)25(33)23-24(17-9-5-6-10-19(17)29)32(27(35)26(23)34)28-30-20-11-7-8-12-21(20)31-28/h5-15,24,33H,3-4H2,1-2H3,(H,30,31)/b25-23+. The van der Waals surface area contributed by atoms with Crippen LogP contribution in [0.15, 0.2) is 72.3 Å². The molecule has 2 heterocycles. The van der Waals surface area contributed by atoms with Gasteiger partial charge in [0, 0.05) is 11.6 Å². The van der Waals surface area contributed by atoms with E-state index in [1.54, 1.807) is 55.5 Å². The lowest BCUT2D eigenvalue weighted by molar-refractivity contribution is -0.132. The van der Waals surface area contributed by atoms with E-state index in [0.717, 1.165) is 4.90 Å². The number of amides is 1. The Morgan fingerprint density at radius 1 is 1.03 bits per heavy atom. The van der Waals surface area contributed by atoms with Crippen molar-refractivity contribution < 1.29 is 28.6 Å². The van der Waals surface area contributed by atoms with E-state index >= 15 is 4.39 Å². The number of imidazole rings is 1. The zero-order valence-corrected chi connectivity index (χ0v) is 20.2. The molecule has 1 aliphatic rings. The molecule has 188 valence electrons. The zero-order valence-electron chi connectivity index (χ0n) is 20.2. The second kappa shape index (κ2) is 9.77. The molecule has 0 radical (unpaired) electrons. The molecule has 8 nitrogen and oxygen atoms in total. The molecule has 1 aliphatic heterocycles. The number of ketones is 1. The number of aromatic amines is 1. The van der Waals surface area contributed by atoms with E-state index in [4.69, 9.17) is 9.47 Å². The van der Waals surface area contributed by atoms with Crippen molar-refractivity contribution in [2.45, 2.75) is 19.9 Å². The van der Waals surface area contributed by atoms with Crippen molar-refractivity contribution in [1.29, 1.82) is 0 Å². The second-order valence-corrected chi connectivity index (χ2v) is 8.29. The van der Waals surface area contributed by atoms with Gasteiger partial charge in [-0.1, -0.05) is 30.3 Å². The maximum Gasteiger partial charge on any atom is 0.302 e. The van der Waals surface area contributed by atoms with Crippen LogP contribution >= 0.6 is 0 Å². The van der Waals surface area contributed by atoms with Crippen LogP contribution in [0, 0.1) is 5.82 Å². The summed E-state index contributed by atoms with van der Waals surface area (Å²) in [5, 5.41) is 11.5. The highest BCUT2D eigenvalue weighted by Gasteiger charge is 2.49. The zero-order chi connectivity index (χ0) is 26.1. The van der Waals surface area contributed by atoms with E-state index in [0.29, 0.717) is 23.4 Å². The molecule has 0 bridgehead atoms. The van der Waals surface area contributed by atoms with Gasteiger partial charge >= 0.3 is 5.91 Å². The number of H-pyrrole nitrogens is 1. The van der Waals surface area contributed by atoms with E-state index in [1.807, 2.05) is 6.92 Å². The number of Topliss-reactive ketones (excluding diaryl/α,β-unsaturated/α-hetero) is 1. The van der Waals surface area contributed by atoms with Gasteiger partial charge in [0.1, 0.15) is 29.1 Å². The molecular weight excluding hydrogens is 477 g/mol. The predicted octanol–water partition coefficient (Wildman–Crippen LogP) is 5.13. The minimum atomic E-state index is -1.28. The second-order valence-electron chi connectivity index (χ2n) is 8.29. The normalized spacial score (nSPS) is 16.9. The predicted molar refractivity (Wildman–Crippen MR) is 136 cm³/mol. The molecule has 0 aliphatic carbocycles. The van der Waals surface area contributed by atoms with E-state index < -0.39 is 29.3 Å². The van der Waals surface area contributed by atoms with Gasteiger partial charge in [-0.3, -0.25) is 14.5 Å². The molecule has 4 aromatic rings. The van der Waals surface area contributed by atoms with E-state index in [2.05, 4.69) is 9.97 Å². The Morgan fingerprint density at radius 2 is 1.76 bits per heavy atom. The number of aliphatic hydroxyl groups is 1. The Bertz CT molecular complexity index is 1510. The van der Waals surface area contributed by atoms with Crippen LogP contribution in [0.5, 0.6) is 11.5 Å². The Labute approximate surface area is 212 Å². The Morgan fingerprint density at radius 3 is 2.49 bits per heavy atom. The van der Waals surface area contributed by atoms with Gasteiger partial charge in [0.2, 0.25) is 5.95 Å². The fourth-order valence-corrected chi connectivity index (χ4v) is 4.47. The van der Waals surface area contributed by atoms with Crippen LogP contribution in [-0.4, -0.2) is 40.0 Å². The van der Waals surface area contributed by atoms with Gasteiger partial charge < -0.3 is 19.6 Å². The quantitative estimate of drug-likeness (QED) is 0.207. The summed E-state index contributed by atoms with van der Waals surface area (Å²) in [5.74, 6) is -2.22. The molecule has 1 saturated heterocycles. The van der Waals surface area contributed by atoms with Gasteiger partial charge in [-0.2, -0.15) is 0 Å². The number of nitrogens with one attached hydrogen (secondary N) is 1. The fraction of sp³-hybridized carbons (Fsp3) is 0.179. The number of aliphatic hydroxyl groups excluding tert-OH is 1. The fourth-order valence-electron chi connectivity index (χ4n) is 4.47. The summed E-state index contributed by atoms with van der Waals surface area (Å²) in [7, 11) is 0. The first-order valence-electron chi connectivity index (χ1n) is 11.8. The highest BCUT2D eigenvalue weighted by Crippen LogP contribution is 2.44. The lowest BCUT2D eigenvalue weighted by Crippen LogP contribution is -2.30. The van der Waals surface area contributed by atoms with Crippen LogP contribution in [0.4, 0.5) is 10.3 Å². The third-order valence-corrected chi connectivity index (χ3v) is 6.07. The molecule has 37 heavy (non-hydrogen) atoms. The van der Waals surface area contributed by atoms with Crippen LogP contribution in [0.3, 0.4) is 0 Å². The molecule has 9 heteroatoms. The molecule has 1 atom stereocenters. The number of aromatic nitrogens is 2. The molecular formula is C28H24FN3O5. The maximum atomic E-state index is 15.1. The Hall–Kier alpha value is -4.66. The van der Waals surface area contributed by atoms with Gasteiger partial charge in [-0.15, -0.1) is 0 Å². The number of rotatable bonds is 7. The van der Waals surface area contributed by atoms with Crippen LogP contribution in [0.25, 0.3) is 16.8 Å². The van der Waals surface area contributed by atoms with Gasteiger partial charge in [-0.05, 0) is 44.2 Å². The third-order valence-electron chi connectivity index (χ3n) is 6.07. The number of carbonyl (C=O) groups is 2. The number of fused-ring (bicyclic) bond motifs is 1. The maximum absolute atomic E-state index is 15.1. The summed E-state index contributed by atoms with van der Waals surface area (Å²) >= 11 is 0. The van der Waals surface area contributed by atoms with Crippen molar-refractivity contribution in [3.05, 3.63) is 89.2 Å². The number of benzene rings is 3. The average Bonchev–Trinajstić information content (AvgIpc) is 3.43. The number of para-hydroxylation sites is 2. The molecule has 3 aromatic carbocycles. The van der Waals surface area contributed by atoms with Crippen molar-refractivity contribution in [1.82, 2.24) is 9.97 Å². The largest absolute Gasteiger partial charge is 0.507 e. The number of hydrogen-bond donors (Lipinski definition) is 2. The van der Waals surface area contributed by atoms with Gasteiger partial charge in [0.15, 0.2) is 0 Å². The molecule has 0 saturated carbocycles. The van der Waals surface area contributed by atoms with Crippen LogP contribution in [-0.2, 0) is 9.59 Å². The molecule has 1 aromatic heterocycles. The number of halogens is 1. The van der Waals surface area contributed by atoms with Crippen molar-refractivity contribution in [2.75, 3.05) is 18.1 Å². The van der Waals surface area contributed by atoms with E-state index in [-0.39, 0.29) is 35.0 Å². The highest BCUT2D eigenvalue weighted by molar-refractivity contribution is 6.51. The minimum absolute atomic E-state index is 0.0348. The number of hydrogen-bond acceptors (Lipinski definition) is 6. The summed E-state index contributed by atoms with van der Waals surface area (Å²) in [6.07, 6.45) is 0. The minimum Gasteiger partial charge on any atom is -0.507 e. The van der Waals surface area contributed by atoms with Crippen molar-refractivity contribution in [2.24, 2.45) is 0 Å². The molecule has 1 fully saturated rings. The number of nitrogens with zero attached hydrogens (tertiary/aromatic N) is 2. The lowest BCUT2D eigenvalue weighted by atomic mass is 9.94. The Kier molecular flexibility index (Phi) is 6.35. The first kappa shape index (κ1) is 24.1. The summed E-state index contributed by atoms with van der Waals surface area (Å²) < 4.78 is 26.4. The van der Waals surface area contributed by atoms with Crippen LogP contribution in [0.2, 0.25) is 0 Å². The molecule has 1 unspecified atom stereocenters. The highest BCUT2D eigenvalue weighted by atomic mass is 19.1. The topological polar surface area (TPSA) is 105 Å². The molecule has 1 amide bonds. The molecule has 0 spiro atoms. The summed E-state index contributed by atoms with van der Waals surface area (Å²) in [5.41, 5.74) is 1.14. The molecule has 5 rings (SSSR count). The average molecular weight is 502 g/mol. The van der Waals surface area contributed by atoms with Crippen molar-refractivity contribution >= 4 is 34.4 Å². The monoisotopic (exact) mass is 501 g/mol. The lowest BCUT2D eigenvalue weighted by Gasteiger charge is -2.23. The number of anilines is 1. The van der Waals surface area contributed by atoms with E-state index in [1.165, 1.54) is 18.2 Å². The van der Waals surface area contributed by atoms with Crippen LogP contribution in [0.1, 0.15) is 31.0 Å².